The van der Waals surface area contributed by atoms with E-state index >= 15 is 0 Å². The van der Waals surface area contributed by atoms with Crippen molar-refractivity contribution in [1.82, 2.24) is 0 Å². The Bertz CT molecular complexity index is 585. The summed E-state index contributed by atoms with van der Waals surface area (Å²) in [6.07, 6.45) is -2.24. The zero-order chi connectivity index (χ0) is 14.0. The monoisotopic (exact) mass is 272 g/mol. The molecule has 0 N–H and O–H groups in total. The number of hydrogen-bond acceptors (Lipinski definition) is 2. The minimum atomic E-state index is -4.82. The molecule has 1 heterocycles. The first-order valence-electron chi connectivity index (χ1n) is 5.29. The summed E-state index contributed by atoms with van der Waals surface area (Å²) < 4.78 is 55.3. The smallest absolute Gasteiger partial charge is 0.419 e. The molecule has 100 valence electrons. The molecule has 0 atom stereocenters. The van der Waals surface area contributed by atoms with Crippen LogP contribution in [-0.4, -0.2) is 5.78 Å². The molecule has 1 aromatic heterocycles. The van der Waals surface area contributed by atoms with Crippen molar-refractivity contribution in [1.29, 1.82) is 0 Å². The maximum atomic E-state index is 13.1. The zero-order valence-corrected chi connectivity index (χ0v) is 9.50. The van der Waals surface area contributed by atoms with E-state index in [0.29, 0.717) is 17.7 Å². The van der Waals surface area contributed by atoms with Gasteiger partial charge in [0.2, 0.25) is 0 Å². The number of halogens is 4. The fourth-order valence-corrected chi connectivity index (χ4v) is 1.60. The fraction of sp³-hybridized carbons (Fsp3) is 0.154. The molecule has 0 radical (unpaired) electrons. The Morgan fingerprint density at radius 1 is 1.21 bits per heavy atom. The molecule has 0 saturated carbocycles. The summed E-state index contributed by atoms with van der Waals surface area (Å²) in [5.74, 6) is -1.93. The molecule has 2 aromatic rings. The van der Waals surface area contributed by atoms with Crippen molar-refractivity contribution < 1.29 is 26.8 Å². The van der Waals surface area contributed by atoms with E-state index in [1.807, 2.05) is 0 Å². The highest BCUT2D eigenvalue weighted by atomic mass is 19.4. The van der Waals surface area contributed by atoms with Crippen LogP contribution in [0.5, 0.6) is 0 Å². The van der Waals surface area contributed by atoms with E-state index in [2.05, 4.69) is 0 Å². The largest absolute Gasteiger partial charge is 0.472 e. The molecule has 0 aliphatic carbocycles. The van der Waals surface area contributed by atoms with Gasteiger partial charge in [-0.05, 0) is 29.8 Å². The van der Waals surface area contributed by atoms with Crippen molar-refractivity contribution in [3.63, 3.8) is 0 Å². The van der Waals surface area contributed by atoms with Crippen molar-refractivity contribution in [2.24, 2.45) is 0 Å². The van der Waals surface area contributed by atoms with Gasteiger partial charge in [0.1, 0.15) is 5.82 Å². The molecule has 0 spiro atoms. The lowest BCUT2D eigenvalue weighted by atomic mass is 10.0. The van der Waals surface area contributed by atoms with Crippen LogP contribution in [0.4, 0.5) is 17.6 Å². The lowest BCUT2D eigenvalue weighted by Crippen LogP contribution is -2.11. The van der Waals surface area contributed by atoms with Crippen molar-refractivity contribution in [2.75, 3.05) is 0 Å². The Kier molecular flexibility index (Phi) is 3.42. The first-order chi connectivity index (χ1) is 8.88. The Balaban J connectivity index is 2.28. The summed E-state index contributed by atoms with van der Waals surface area (Å²) in [5.41, 5.74) is -1.08. The summed E-state index contributed by atoms with van der Waals surface area (Å²) in [6.45, 7) is 0. The number of furan rings is 1. The number of ketones is 1. The van der Waals surface area contributed by atoms with E-state index in [9.17, 15) is 22.4 Å². The molecule has 2 rings (SSSR count). The predicted octanol–water partition coefficient (Wildman–Crippen LogP) is 3.86. The minimum absolute atomic E-state index is 0.0978. The summed E-state index contributed by atoms with van der Waals surface area (Å²) in [7, 11) is 0. The van der Waals surface area contributed by atoms with Crippen LogP contribution in [0.1, 0.15) is 21.5 Å². The van der Waals surface area contributed by atoms with Gasteiger partial charge >= 0.3 is 6.18 Å². The van der Waals surface area contributed by atoms with Crippen LogP contribution in [0.3, 0.4) is 0 Å². The molecule has 19 heavy (non-hydrogen) atoms. The van der Waals surface area contributed by atoms with Gasteiger partial charge in [0.25, 0.3) is 0 Å². The minimum Gasteiger partial charge on any atom is -0.472 e. The van der Waals surface area contributed by atoms with Gasteiger partial charge in [-0.25, -0.2) is 4.39 Å². The second kappa shape index (κ2) is 4.87. The normalized spacial score (nSPS) is 11.6. The second-order valence-corrected chi connectivity index (χ2v) is 3.92. The quantitative estimate of drug-likeness (QED) is 0.627. The zero-order valence-electron chi connectivity index (χ0n) is 9.50. The highest BCUT2D eigenvalue weighted by Crippen LogP contribution is 2.32. The van der Waals surface area contributed by atoms with Crippen molar-refractivity contribution >= 4 is 5.78 Å². The number of rotatable bonds is 3. The molecular weight excluding hydrogens is 264 g/mol. The first-order valence-corrected chi connectivity index (χ1v) is 5.29. The van der Waals surface area contributed by atoms with Crippen LogP contribution in [0.15, 0.2) is 41.2 Å². The molecule has 0 unspecified atom stereocenters. The Morgan fingerprint density at radius 2 is 1.95 bits per heavy atom. The van der Waals surface area contributed by atoms with Gasteiger partial charge in [-0.2, -0.15) is 13.2 Å². The number of Topliss-reactive ketones (excluding diaryl/α,β-unsaturated/α-hetero) is 1. The van der Waals surface area contributed by atoms with Gasteiger partial charge in [0, 0.05) is 12.0 Å². The lowest BCUT2D eigenvalue weighted by molar-refractivity contribution is -0.140. The van der Waals surface area contributed by atoms with Crippen molar-refractivity contribution in [3.05, 3.63) is 59.3 Å². The van der Waals surface area contributed by atoms with Crippen LogP contribution < -0.4 is 0 Å². The van der Waals surface area contributed by atoms with E-state index < -0.39 is 23.3 Å². The van der Waals surface area contributed by atoms with Gasteiger partial charge in [-0.3, -0.25) is 4.79 Å². The number of carbonyl (C=O) groups is 1. The Morgan fingerprint density at radius 3 is 2.53 bits per heavy atom. The van der Waals surface area contributed by atoms with Crippen LogP contribution in [-0.2, 0) is 12.6 Å². The molecule has 0 fully saturated rings. The first kappa shape index (κ1) is 13.3. The molecule has 0 bridgehead atoms. The summed E-state index contributed by atoms with van der Waals surface area (Å²) in [5, 5.41) is 0. The highest BCUT2D eigenvalue weighted by Gasteiger charge is 2.34. The van der Waals surface area contributed by atoms with E-state index in [1.54, 1.807) is 0 Å². The third kappa shape index (κ3) is 3.01. The summed E-state index contributed by atoms with van der Waals surface area (Å²) >= 11 is 0. The van der Waals surface area contributed by atoms with Crippen LogP contribution in [0.25, 0.3) is 0 Å². The average Bonchev–Trinajstić information content (AvgIpc) is 2.80. The average molecular weight is 272 g/mol. The number of benzene rings is 1. The molecule has 2 nitrogen and oxygen atoms in total. The number of alkyl halides is 3. The molecule has 6 heteroatoms. The second-order valence-electron chi connectivity index (χ2n) is 3.92. The maximum absolute atomic E-state index is 13.1. The fourth-order valence-electron chi connectivity index (χ4n) is 1.60. The van der Waals surface area contributed by atoms with Gasteiger partial charge in [-0.15, -0.1) is 0 Å². The van der Waals surface area contributed by atoms with Gasteiger partial charge < -0.3 is 4.42 Å². The lowest BCUT2D eigenvalue weighted by Gasteiger charge is -2.09. The molecule has 0 aliphatic rings. The SMILES string of the molecule is O=C(Cc1ccoc1)c1ccc(F)c(C(F)(F)F)c1. The third-order valence-electron chi connectivity index (χ3n) is 2.54. The molecule has 0 saturated heterocycles. The van der Waals surface area contributed by atoms with Gasteiger partial charge in [0.05, 0.1) is 18.1 Å². The topological polar surface area (TPSA) is 30.2 Å². The van der Waals surface area contributed by atoms with Crippen LogP contribution >= 0.6 is 0 Å². The highest BCUT2D eigenvalue weighted by molar-refractivity contribution is 5.97. The summed E-state index contributed by atoms with van der Waals surface area (Å²) in [4.78, 5) is 11.8. The number of hydrogen-bond donors (Lipinski definition) is 0. The third-order valence-corrected chi connectivity index (χ3v) is 2.54. The van der Waals surface area contributed by atoms with Crippen LogP contribution in [0.2, 0.25) is 0 Å². The van der Waals surface area contributed by atoms with E-state index in [4.69, 9.17) is 4.42 Å². The van der Waals surface area contributed by atoms with Gasteiger partial charge in [-0.1, -0.05) is 0 Å². The van der Waals surface area contributed by atoms with Gasteiger partial charge in [0.15, 0.2) is 5.78 Å². The van der Waals surface area contributed by atoms with Crippen molar-refractivity contribution in [3.8, 4) is 0 Å². The Hall–Kier alpha value is -2.11. The van der Waals surface area contributed by atoms with Crippen molar-refractivity contribution in [2.45, 2.75) is 12.6 Å². The molecular formula is C13H8F4O2. The number of carbonyl (C=O) groups excluding carboxylic acids is 1. The summed E-state index contributed by atoms with van der Waals surface area (Å²) in [6, 6.07) is 3.74. The molecule has 0 aliphatic heterocycles. The standard InChI is InChI=1S/C13H8F4O2/c14-11-2-1-9(6-10(11)13(15,16)17)12(18)5-8-3-4-19-7-8/h1-4,6-7H,5H2. The van der Waals surface area contributed by atoms with E-state index in [-0.39, 0.29) is 12.0 Å². The molecule has 1 aromatic carbocycles. The molecule has 0 amide bonds. The maximum Gasteiger partial charge on any atom is 0.419 e. The predicted molar refractivity (Wildman–Crippen MR) is 58.1 cm³/mol. The van der Waals surface area contributed by atoms with E-state index in [0.717, 1.165) is 6.07 Å². The Labute approximate surface area is 105 Å². The van der Waals surface area contributed by atoms with Crippen LogP contribution in [0, 0.1) is 5.82 Å². The van der Waals surface area contributed by atoms with E-state index in [1.165, 1.54) is 18.6 Å².